The van der Waals surface area contributed by atoms with Crippen LogP contribution in [0.5, 0.6) is 11.8 Å². The number of halogens is 3. The molecule has 0 fully saturated rings. The van der Waals surface area contributed by atoms with E-state index in [9.17, 15) is 31.2 Å². The summed E-state index contributed by atoms with van der Waals surface area (Å²) in [5, 5.41) is 6.93. The van der Waals surface area contributed by atoms with Crippen LogP contribution in [0.1, 0.15) is 10.4 Å². The summed E-state index contributed by atoms with van der Waals surface area (Å²) in [7, 11) is -2.82. The van der Waals surface area contributed by atoms with Crippen LogP contribution in [-0.2, 0) is 10.2 Å². The largest absolute Gasteiger partial charge is 0.481 e. The van der Waals surface area contributed by atoms with Crippen molar-refractivity contribution < 1.29 is 40.7 Å². The van der Waals surface area contributed by atoms with Gasteiger partial charge in [-0.1, -0.05) is 12.1 Å². The first kappa shape index (κ1) is 24.8. The minimum atomic E-state index is -5.16. The first-order valence-electron chi connectivity index (χ1n) is 8.42. The Labute approximate surface area is 179 Å². The first-order chi connectivity index (χ1) is 14.8. The molecule has 0 aliphatic rings. The number of urea groups is 1. The Bertz CT molecular complexity index is 1120. The lowest BCUT2D eigenvalue weighted by Crippen LogP contribution is -2.61. The maximum Gasteiger partial charge on any atom is 0.443 e. The molecule has 32 heavy (non-hydrogen) atoms. The summed E-state index contributed by atoms with van der Waals surface area (Å²) in [6.07, 6.45) is -4.76. The van der Waals surface area contributed by atoms with E-state index in [-0.39, 0.29) is 11.8 Å². The average molecular weight is 479 g/mol. The summed E-state index contributed by atoms with van der Waals surface area (Å²) >= 11 is 0. The third-order valence-electron chi connectivity index (χ3n) is 4.00. The third kappa shape index (κ3) is 4.71. The Morgan fingerprint density at radius 3 is 2.09 bits per heavy atom. The lowest BCUT2D eigenvalue weighted by Gasteiger charge is -2.28. The van der Waals surface area contributed by atoms with Gasteiger partial charge in [0.15, 0.2) is 5.69 Å². The van der Waals surface area contributed by atoms with E-state index in [2.05, 4.69) is 9.97 Å². The topological polar surface area (TPSA) is 177 Å². The number of para-hydroxylation sites is 1. The Balaban J connectivity index is 2.89. The third-order valence-corrected chi connectivity index (χ3v) is 5.30. The summed E-state index contributed by atoms with van der Waals surface area (Å²) in [4.78, 5) is 32.7. The fourth-order valence-corrected chi connectivity index (χ4v) is 3.65. The Kier molecular flexibility index (Phi) is 6.91. The van der Waals surface area contributed by atoms with Crippen LogP contribution in [-0.4, -0.2) is 57.3 Å². The normalized spacial score (nSPS) is 13.7. The van der Waals surface area contributed by atoms with Crippen molar-refractivity contribution in [2.45, 2.75) is 6.18 Å². The molecule has 0 bridgehead atoms. The molecule has 0 radical (unpaired) electrons. The predicted octanol–water partition coefficient (Wildman–Crippen LogP) is 0.707. The number of nitrogens with two attached hydrogens (primary N) is 2. The molecule has 1 aromatic carbocycles. The number of ether oxygens (including phenoxy) is 2. The Morgan fingerprint density at radius 1 is 1.12 bits per heavy atom. The maximum absolute atomic E-state index is 12.8. The highest BCUT2D eigenvalue weighted by molar-refractivity contribution is 7.89. The van der Waals surface area contributed by atoms with Crippen LogP contribution in [0.25, 0.3) is 0 Å². The number of primary amides is 1. The molecule has 1 aromatic heterocycles. The van der Waals surface area contributed by atoms with Crippen molar-refractivity contribution in [1.82, 2.24) is 19.2 Å². The molecule has 174 valence electrons. The monoisotopic (exact) mass is 479 g/mol. The standard InChI is InChI=1S/C16H17F3N6O6S/c1-30-11-7-12(31-2)24-15(23-11)25(14(20)27,32(21,28)29)10-6-4-3-5-9(10)13(26)22-8-16(17,18)19/h3-7H,8H2,1-2H3,(H4-,20,21,22,26,27,28,29)/p+1. The highest BCUT2D eigenvalue weighted by atomic mass is 32.2. The van der Waals surface area contributed by atoms with Crippen LogP contribution >= 0.6 is 0 Å². The molecule has 12 nitrogen and oxygen atoms in total. The van der Waals surface area contributed by atoms with E-state index in [1.807, 2.05) is 0 Å². The zero-order valence-electron chi connectivity index (χ0n) is 16.6. The van der Waals surface area contributed by atoms with E-state index in [1.54, 1.807) is 5.32 Å². The van der Waals surface area contributed by atoms with E-state index in [1.165, 1.54) is 26.4 Å². The van der Waals surface area contributed by atoms with Gasteiger partial charge in [-0.25, -0.2) is 4.79 Å². The van der Waals surface area contributed by atoms with E-state index < -0.39 is 56.0 Å². The van der Waals surface area contributed by atoms with Gasteiger partial charge in [-0.2, -0.15) is 26.7 Å². The summed E-state index contributed by atoms with van der Waals surface area (Å²) < 4.78 is 70.9. The number of carbonyl (C=O) groups is 2. The number of hydrogen-bond donors (Lipinski definition) is 3. The fourth-order valence-electron chi connectivity index (χ4n) is 2.66. The van der Waals surface area contributed by atoms with Gasteiger partial charge in [0.05, 0.1) is 20.3 Å². The summed E-state index contributed by atoms with van der Waals surface area (Å²) in [5.74, 6) is -2.79. The fraction of sp³-hybridized carbons (Fsp3) is 0.250. The van der Waals surface area contributed by atoms with Gasteiger partial charge in [0.25, 0.3) is 5.91 Å². The highest BCUT2D eigenvalue weighted by Crippen LogP contribution is 2.39. The van der Waals surface area contributed by atoms with Crippen molar-refractivity contribution in [2.24, 2.45) is 10.9 Å². The number of benzene rings is 1. The van der Waals surface area contributed by atoms with Crippen molar-refractivity contribution in [1.29, 1.82) is 0 Å². The molecule has 0 spiro atoms. The SMILES string of the molecule is COc1cc(OC)nc([N+](C(N)=O)(c2ccccc2C(=O)NCC(F)(F)F)S(N)(=O)=O)n1. The van der Waals surface area contributed by atoms with Gasteiger partial charge in [-0.05, 0) is 9.95 Å². The number of methoxy groups -OCH3 is 2. The average Bonchev–Trinajstić information content (AvgIpc) is 2.70. The number of carbonyl (C=O) groups excluding carboxylic acids is 2. The number of nitrogens with one attached hydrogen (secondary N) is 1. The van der Waals surface area contributed by atoms with Crippen LogP contribution in [0.2, 0.25) is 0 Å². The van der Waals surface area contributed by atoms with Crippen LogP contribution in [0, 0.1) is 0 Å². The Morgan fingerprint density at radius 2 is 1.66 bits per heavy atom. The van der Waals surface area contributed by atoms with Crippen LogP contribution < -0.4 is 29.6 Å². The number of aromatic nitrogens is 2. The minimum Gasteiger partial charge on any atom is -0.481 e. The molecule has 0 saturated carbocycles. The van der Waals surface area contributed by atoms with Gasteiger partial charge >= 0.3 is 28.4 Å². The zero-order valence-corrected chi connectivity index (χ0v) is 17.4. The molecular weight excluding hydrogens is 461 g/mol. The summed E-state index contributed by atoms with van der Waals surface area (Å²) in [6, 6.07) is 3.81. The predicted molar refractivity (Wildman–Crippen MR) is 104 cm³/mol. The second kappa shape index (κ2) is 8.93. The number of nitrogens with zero attached hydrogens (tertiary/aromatic N) is 3. The molecule has 0 saturated heterocycles. The molecule has 2 rings (SSSR count). The van der Waals surface area contributed by atoms with Gasteiger partial charge in [0.1, 0.15) is 12.1 Å². The van der Waals surface area contributed by atoms with Gasteiger partial charge in [-0.3, -0.25) is 4.79 Å². The van der Waals surface area contributed by atoms with Crippen LogP contribution in [0.3, 0.4) is 0 Å². The molecule has 5 N–H and O–H groups in total. The van der Waals surface area contributed by atoms with Gasteiger partial charge < -0.3 is 20.5 Å². The molecular formula is C16H18F3N6O6S+. The number of alkyl halides is 3. The lowest BCUT2D eigenvalue weighted by molar-refractivity contribution is -0.123. The van der Waals surface area contributed by atoms with E-state index >= 15 is 0 Å². The smallest absolute Gasteiger partial charge is 0.443 e. The lowest BCUT2D eigenvalue weighted by atomic mass is 10.1. The molecule has 0 aliphatic heterocycles. The van der Waals surface area contributed by atoms with Gasteiger partial charge in [0, 0.05) is 6.07 Å². The second-order valence-electron chi connectivity index (χ2n) is 6.03. The molecule has 0 aliphatic carbocycles. The quantitative estimate of drug-likeness (QED) is 0.486. The molecule has 2 aromatic rings. The van der Waals surface area contributed by atoms with Crippen molar-refractivity contribution in [3.05, 3.63) is 35.9 Å². The van der Waals surface area contributed by atoms with Crippen molar-refractivity contribution in [3.8, 4) is 11.8 Å². The van der Waals surface area contributed by atoms with E-state index in [0.717, 1.165) is 18.2 Å². The van der Waals surface area contributed by atoms with Crippen LogP contribution in [0.15, 0.2) is 30.3 Å². The molecule has 1 atom stereocenters. The van der Waals surface area contributed by atoms with Gasteiger partial charge in [0.2, 0.25) is 11.8 Å². The highest BCUT2D eigenvalue weighted by Gasteiger charge is 2.56. The zero-order chi connectivity index (χ0) is 24.3. The number of amides is 3. The van der Waals surface area contributed by atoms with E-state index in [4.69, 9.17) is 20.3 Å². The molecule has 1 unspecified atom stereocenters. The number of rotatable bonds is 7. The maximum atomic E-state index is 12.8. The molecule has 1 heterocycles. The summed E-state index contributed by atoms with van der Waals surface area (Å²) in [6.45, 7) is -1.73. The minimum absolute atomic E-state index is 0.266. The molecule has 3 amide bonds. The summed E-state index contributed by atoms with van der Waals surface area (Å²) in [5.41, 5.74) is 4.04. The van der Waals surface area contributed by atoms with Crippen molar-refractivity contribution >= 4 is 33.8 Å². The Hall–Kier alpha value is -3.50. The first-order valence-corrected chi connectivity index (χ1v) is 9.92. The van der Waals surface area contributed by atoms with Crippen molar-refractivity contribution in [2.75, 3.05) is 20.8 Å². The van der Waals surface area contributed by atoms with E-state index in [0.29, 0.717) is 0 Å². The second-order valence-corrected chi connectivity index (χ2v) is 7.61. The van der Waals surface area contributed by atoms with Gasteiger partial charge in [-0.15, -0.1) is 9.97 Å². The van der Waals surface area contributed by atoms with Crippen molar-refractivity contribution in [3.63, 3.8) is 0 Å². The molecule has 16 heteroatoms. The van der Waals surface area contributed by atoms with Crippen LogP contribution in [0.4, 0.5) is 29.6 Å². The number of quaternary nitrogens is 1. The number of hydrogen-bond acceptors (Lipinski definition) is 8.